The van der Waals surface area contributed by atoms with Gasteiger partial charge in [-0.2, -0.15) is 0 Å². The number of hydrogen-bond donors (Lipinski definition) is 1. The van der Waals surface area contributed by atoms with Crippen molar-refractivity contribution in [2.75, 3.05) is 13.2 Å². The highest BCUT2D eigenvalue weighted by Crippen LogP contribution is 2.37. The normalized spacial score (nSPS) is 19.0. The lowest BCUT2D eigenvalue weighted by Gasteiger charge is -2.36. The van der Waals surface area contributed by atoms with E-state index < -0.39 is 0 Å². The first kappa shape index (κ1) is 18.3. The van der Waals surface area contributed by atoms with Gasteiger partial charge in [0.1, 0.15) is 5.82 Å². The molecule has 1 saturated carbocycles. The number of pyridine rings is 1. The molecule has 5 nitrogen and oxygen atoms in total. The molecule has 2 aromatic rings. The summed E-state index contributed by atoms with van der Waals surface area (Å²) in [5.41, 5.74) is 1.27. The van der Waals surface area contributed by atoms with Crippen LogP contribution in [0.25, 0.3) is 0 Å². The largest absolute Gasteiger partial charge is 0.380 e. The summed E-state index contributed by atoms with van der Waals surface area (Å²) in [6.07, 6.45) is 3.15. The molecule has 1 N–H and O–H groups in total. The molecular formula is C20H23FN2O3. The standard InChI is InChI=1S/C20H23FN2O3/c1-2-26-9-8-23-13-15(6-7-19(23)24)20(25)22-18-11-16(12-18)14-4-3-5-17(21)10-14/h3-7,10,13,16,18H,2,8-9,11-12H2,1H3,(H,22,25). The Morgan fingerprint density at radius 3 is 2.85 bits per heavy atom. The maximum Gasteiger partial charge on any atom is 0.252 e. The number of hydrogen-bond acceptors (Lipinski definition) is 3. The second-order valence-electron chi connectivity index (χ2n) is 6.54. The average Bonchev–Trinajstić information content (AvgIpc) is 2.59. The highest BCUT2D eigenvalue weighted by molar-refractivity contribution is 5.94. The highest BCUT2D eigenvalue weighted by Gasteiger charge is 2.31. The lowest BCUT2D eigenvalue weighted by molar-refractivity contribution is 0.0907. The van der Waals surface area contributed by atoms with Gasteiger partial charge >= 0.3 is 0 Å². The zero-order chi connectivity index (χ0) is 18.5. The van der Waals surface area contributed by atoms with Crippen LogP contribution in [0, 0.1) is 5.82 Å². The van der Waals surface area contributed by atoms with Gasteiger partial charge in [0.2, 0.25) is 0 Å². The first-order valence-electron chi connectivity index (χ1n) is 8.91. The van der Waals surface area contributed by atoms with Crippen LogP contribution in [0.4, 0.5) is 4.39 Å². The lowest BCUT2D eigenvalue weighted by Crippen LogP contribution is -2.43. The SMILES string of the molecule is CCOCCn1cc(C(=O)NC2CC(c3cccc(F)c3)C2)ccc1=O. The average molecular weight is 358 g/mol. The van der Waals surface area contributed by atoms with Crippen molar-refractivity contribution in [1.29, 1.82) is 0 Å². The van der Waals surface area contributed by atoms with Crippen molar-refractivity contribution in [3.63, 3.8) is 0 Å². The Morgan fingerprint density at radius 1 is 1.31 bits per heavy atom. The van der Waals surface area contributed by atoms with Crippen LogP contribution in [0.15, 0.2) is 47.4 Å². The molecule has 0 atom stereocenters. The Balaban J connectivity index is 1.56. The minimum Gasteiger partial charge on any atom is -0.380 e. The Morgan fingerprint density at radius 2 is 2.12 bits per heavy atom. The van der Waals surface area contributed by atoms with Gasteiger partial charge in [0.15, 0.2) is 0 Å². The second-order valence-corrected chi connectivity index (χ2v) is 6.54. The monoisotopic (exact) mass is 358 g/mol. The Kier molecular flexibility index (Phi) is 5.83. The topological polar surface area (TPSA) is 60.3 Å². The number of benzene rings is 1. The van der Waals surface area contributed by atoms with Gasteiger partial charge in [-0.25, -0.2) is 4.39 Å². The van der Waals surface area contributed by atoms with Gasteiger partial charge in [0.05, 0.1) is 12.2 Å². The van der Waals surface area contributed by atoms with Crippen molar-refractivity contribution in [3.8, 4) is 0 Å². The van der Waals surface area contributed by atoms with E-state index in [0.29, 0.717) is 25.3 Å². The lowest BCUT2D eigenvalue weighted by atomic mass is 9.76. The summed E-state index contributed by atoms with van der Waals surface area (Å²) in [6, 6.07) is 9.62. The number of nitrogens with zero attached hydrogens (tertiary/aromatic N) is 1. The molecule has 0 aliphatic heterocycles. The number of carbonyl (C=O) groups excluding carboxylic acids is 1. The number of aromatic nitrogens is 1. The molecule has 0 spiro atoms. The first-order chi connectivity index (χ1) is 12.6. The number of halogens is 1. The van der Waals surface area contributed by atoms with E-state index >= 15 is 0 Å². The van der Waals surface area contributed by atoms with Gasteiger partial charge in [-0.3, -0.25) is 9.59 Å². The van der Waals surface area contributed by atoms with Crippen LogP contribution in [0.5, 0.6) is 0 Å². The Labute approximate surface area is 151 Å². The Bertz CT molecular complexity index is 828. The summed E-state index contributed by atoms with van der Waals surface area (Å²) < 4.78 is 20.0. The van der Waals surface area contributed by atoms with Crippen LogP contribution >= 0.6 is 0 Å². The molecule has 1 amide bonds. The van der Waals surface area contributed by atoms with Gasteiger partial charge in [0, 0.05) is 31.5 Å². The molecule has 1 aromatic carbocycles. The van der Waals surface area contributed by atoms with E-state index in [1.807, 2.05) is 13.0 Å². The molecule has 1 aromatic heterocycles. The number of carbonyl (C=O) groups is 1. The van der Waals surface area contributed by atoms with Crippen LogP contribution in [0.3, 0.4) is 0 Å². The quantitative estimate of drug-likeness (QED) is 0.774. The number of nitrogens with one attached hydrogen (secondary N) is 1. The summed E-state index contributed by atoms with van der Waals surface area (Å²) in [7, 11) is 0. The molecule has 26 heavy (non-hydrogen) atoms. The van der Waals surface area contributed by atoms with Crippen molar-refractivity contribution in [1.82, 2.24) is 9.88 Å². The van der Waals surface area contributed by atoms with Gasteiger partial charge in [0.25, 0.3) is 11.5 Å². The number of amides is 1. The van der Waals surface area contributed by atoms with Crippen LogP contribution in [0.1, 0.15) is 41.6 Å². The third-order valence-corrected chi connectivity index (χ3v) is 4.72. The van der Waals surface area contributed by atoms with Crippen molar-refractivity contribution >= 4 is 5.91 Å². The molecule has 1 aliphatic rings. The predicted molar refractivity (Wildman–Crippen MR) is 96.8 cm³/mol. The van der Waals surface area contributed by atoms with E-state index in [1.54, 1.807) is 18.3 Å². The molecule has 3 rings (SSSR count). The summed E-state index contributed by atoms with van der Waals surface area (Å²) in [5.74, 6) is -0.154. The molecule has 0 bridgehead atoms. The van der Waals surface area contributed by atoms with Crippen molar-refractivity contribution in [2.45, 2.75) is 38.3 Å². The summed E-state index contributed by atoms with van der Waals surface area (Å²) in [4.78, 5) is 24.3. The van der Waals surface area contributed by atoms with E-state index in [-0.39, 0.29) is 29.2 Å². The summed E-state index contributed by atoms with van der Waals surface area (Å²) in [6.45, 7) is 3.32. The van der Waals surface area contributed by atoms with Crippen LogP contribution in [0.2, 0.25) is 0 Å². The van der Waals surface area contributed by atoms with Crippen molar-refractivity contribution in [3.05, 3.63) is 69.9 Å². The fourth-order valence-corrected chi connectivity index (χ4v) is 3.18. The van der Waals surface area contributed by atoms with E-state index in [4.69, 9.17) is 4.74 Å². The van der Waals surface area contributed by atoms with E-state index in [9.17, 15) is 14.0 Å². The molecule has 1 heterocycles. The van der Waals surface area contributed by atoms with Gasteiger partial charge in [-0.15, -0.1) is 0 Å². The second kappa shape index (κ2) is 8.27. The van der Waals surface area contributed by atoms with E-state index in [2.05, 4.69) is 5.32 Å². The van der Waals surface area contributed by atoms with Gasteiger partial charge in [-0.1, -0.05) is 12.1 Å². The Hall–Kier alpha value is -2.47. The zero-order valence-electron chi connectivity index (χ0n) is 14.8. The smallest absolute Gasteiger partial charge is 0.252 e. The molecule has 1 fully saturated rings. The van der Waals surface area contributed by atoms with Crippen molar-refractivity contribution < 1.29 is 13.9 Å². The minimum absolute atomic E-state index is 0.0690. The van der Waals surface area contributed by atoms with E-state index in [0.717, 1.165) is 18.4 Å². The van der Waals surface area contributed by atoms with Gasteiger partial charge in [-0.05, 0) is 49.4 Å². The van der Waals surface area contributed by atoms with E-state index in [1.165, 1.54) is 22.8 Å². The molecular weight excluding hydrogens is 335 g/mol. The third-order valence-electron chi connectivity index (χ3n) is 4.72. The minimum atomic E-state index is -0.232. The molecule has 0 radical (unpaired) electrons. The molecule has 6 heteroatoms. The predicted octanol–water partition coefficient (Wildman–Crippen LogP) is 2.70. The maximum absolute atomic E-state index is 13.3. The van der Waals surface area contributed by atoms with Crippen molar-refractivity contribution in [2.24, 2.45) is 0 Å². The zero-order valence-corrected chi connectivity index (χ0v) is 14.8. The van der Waals surface area contributed by atoms with Crippen LogP contribution in [-0.2, 0) is 11.3 Å². The fraction of sp³-hybridized carbons (Fsp3) is 0.400. The molecule has 0 unspecified atom stereocenters. The number of ether oxygens (including phenoxy) is 1. The van der Waals surface area contributed by atoms with Crippen LogP contribution in [-0.4, -0.2) is 29.7 Å². The van der Waals surface area contributed by atoms with Gasteiger partial charge < -0.3 is 14.6 Å². The third kappa shape index (κ3) is 4.38. The van der Waals surface area contributed by atoms with Crippen LogP contribution < -0.4 is 10.9 Å². The summed E-state index contributed by atoms with van der Waals surface area (Å²) >= 11 is 0. The molecule has 138 valence electrons. The highest BCUT2D eigenvalue weighted by atomic mass is 19.1. The molecule has 0 saturated heterocycles. The molecule has 1 aliphatic carbocycles. The summed E-state index contributed by atoms with van der Waals surface area (Å²) in [5, 5.41) is 2.98. The fourth-order valence-electron chi connectivity index (χ4n) is 3.18. The number of rotatable bonds is 7. The maximum atomic E-state index is 13.3. The first-order valence-corrected chi connectivity index (χ1v) is 8.91.